The summed E-state index contributed by atoms with van der Waals surface area (Å²) in [6, 6.07) is 17.6. The first-order valence-electron chi connectivity index (χ1n) is 7.23. The Labute approximate surface area is 125 Å². The summed E-state index contributed by atoms with van der Waals surface area (Å²) in [5.74, 6) is 0.209. The quantitative estimate of drug-likeness (QED) is 0.854. The molecule has 2 aromatic carbocycles. The van der Waals surface area contributed by atoms with Crippen molar-refractivity contribution in [2.45, 2.75) is 25.7 Å². The SMILES string of the molecule is CC(CC(=O)Nc1ccc(CCO)cc1)c1ccccc1. The minimum absolute atomic E-state index is 0.0151. The third kappa shape index (κ3) is 4.72. The van der Waals surface area contributed by atoms with E-state index in [1.165, 1.54) is 5.56 Å². The van der Waals surface area contributed by atoms with E-state index in [4.69, 9.17) is 5.11 Å². The van der Waals surface area contributed by atoms with E-state index >= 15 is 0 Å². The van der Waals surface area contributed by atoms with Crippen LogP contribution in [0.4, 0.5) is 5.69 Å². The Balaban J connectivity index is 1.89. The molecule has 2 N–H and O–H groups in total. The van der Waals surface area contributed by atoms with Gasteiger partial charge in [0.2, 0.25) is 5.91 Å². The molecule has 0 aliphatic carbocycles. The molecule has 2 rings (SSSR count). The van der Waals surface area contributed by atoms with Gasteiger partial charge < -0.3 is 10.4 Å². The normalized spacial score (nSPS) is 11.9. The highest BCUT2D eigenvalue weighted by Gasteiger charge is 2.11. The van der Waals surface area contributed by atoms with Crippen LogP contribution in [0.25, 0.3) is 0 Å². The Hall–Kier alpha value is -2.13. The van der Waals surface area contributed by atoms with E-state index in [0.29, 0.717) is 12.8 Å². The molecule has 1 atom stereocenters. The summed E-state index contributed by atoms with van der Waals surface area (Å²) in [6.07, 6.45) is 1.10. The summed E-state index contributed by atoms with van der Waals surface area (Å²) in [4.78, 5) is 12.1. The highest BCUT2D eigenvalue weighted by atomic mass is 16.2. The second-order valence-electron chi connectivity index (χ2n) is 5.23. The number of hydrogen-bond donors (Lipinski definition) is 2. The van der Waals surface area contributed by atoms with Crippen LogP contribution in [0, 0.1) is 0 Å². The van der Waals surface area contributed by atoms with Crippen molar-refractivity contribution >= 4 is 11.6 Å². The molecule has 0 aromatic heterocycles. The van der Waals surface area contributed by atoms with Crippen LogP contribution in [0.3, 0.4) is 0 Å². The Morgan fingerprint density at radius 2 is 1.76 bits per heavy atom. The molecule has 0 aliphatic heterocycles. The van der Waals surface area contributed by atoms with Crippen LogP contribution in [0.1, 0.15) is 30.4 Å². The molecule has 0 saturated carbocycles. The van der Waals surface area contributed by atoms with Crippen LogP contribution in [0.5, 0.6) is 0 Å². The van der Waals surface area contributed by atoms with Gasteiger partial charge in [-0.05, 0) is 35.6 Å². The van der Waals surface area contributed by atoms with Crippen LogP contribution < -0.4 is 5.32 Å². The monoisotopic (exact) mass is 283 g/mol. The molecule has 0 spiro atoms. The number of aliphatic hydroxyl groups excluding tert-OH is 1. The third-order valence-electron chi connectivity index (χ3n) is 3.50. The van der Waals surface area contributed by atoms with Gasteiger partial charge in [-0.25, -0.2) is 0 Å². The first-order valence-corrected chi connectivity index (χ1v) is 7.23. The van der Waals surface area contributed by atoms with Crippen molar-refractivity contribution < 1.29 is 9.90 Å². The number of rotatable bonds is 6. The molecule has 3 heteroatoms. The Morgan fingerprint density at radius 1 is 1.10 bits per heavy atom. The second kappa shape index (κ2) is 7.60. The molecular formula is C18H21NO2. The molecule has 0 aliphatic rings. The van der Waals surface area contributed by atoms with Crippen LogP contribution in [0.15, 0.2) is 54.6 Å². The lowest BCUT2D eigenvalue weighted by molar-refractivity contribution is -0.116. The van der Waals surface area contributed by atoms with Crippen molar-refractivity contribution in [2.75, 3.05) is 11.9 Å². The van der Waals surface area contributed by atoms with Crippen molar-refractivity contribution in [3.05, 3.63) is 65.7 Å². The van der Waals surface area contributed by atoms with E-state index in [1.54, 1.807) is 0 Å². The molecule has 0 fully saturated rings. The summed E-state index contributed by atoms with van der Waals surface area (Å²) in [7, 11) is 0. The van der Waals surface area contributed by atoms with Gasteiger partial charge in [0.25, 0.3) is 0 Å². The summed E-state index contributed by atoms with van der Waals surface area (Å²) < 4.78 is 0. The van der Waals surface area contributed by atoms with Crippen LogP contribution >= 0.6 is 0 Å². The van der Waals surface area contributed by atoms with Gasteiger partial charge in [0.15, 0.2) is 0 Å². The minimum Gasteiger partial charge on any atom is -0.396 e. The topological polar surface area (TPSA) is 49.3 Å². The second-order valence-corrected chi connectivity index (χ2v) is 5.23. The van der Waals surface area contributed by atoms with E-state index in [9.17, 15) is 4.79 Å². The van der Waals surface area contributed by atoms with Crippen molar-refractivity contribution in [1.29, 1.82) is 0 Å². The number of hydrogen-bond acceptors (Lipinski definition) is 2. The third-order valence-corrected chi connectivity index (χ3v) is 3.50. The Bertz CT molecular complexity index is 564. The molecule has 0 saturated heterocycles. The number of carbonyl (C=O) groups is 1. The zero-order valence-electron chi connectivity index (χ0n) is 12.3. The fourth-order valence-corrected chi connectivity index (χ4v) is 2.27. The highest BCUT2D eigenvalue weighted by Crippen LogP contribution is 2.19. The van der Waals surface area contributed by atoms with E-state index < -0.39 is 0 Å². The summed E-state index contributed by atoms with van der Waals surface area (Å²) in [5.41, 5.74) is 3.03. The number of carbonyl (C=O) groups excluding carboxylic acids is 1. The number of nitrogens with one attached hydrogen (secondary N) is 1. The van der Waals surface area contributed by atoms with E-state index in [2.05, 4.69) is 12.2 Å². The number of aliphatic hydroxyl groups is 1. The maximum absolute atomic E-state index is 12.1. The minimum atomic E-state index is 0.0151. The van der Waals surface area contributed by atoms with Crippen molar-refractivity contribution in [3.63, 3.8) is 0 Å². The average Bonchev–Trinajstić information content (AvgIpc) is 2.50. The fourth-order valence-electron chi connectivity index (χ4n) is 2.27. The maximum atomic E-state index is 12.1. The first-order chi connectivity index (χ1) is 10.2. The van der Waals surface area contributed by atoms with Gasteiger partial charge in [-0.2, -0.15) is 0 Å². The van der Waals surface area contributed by atoms with Crippen molar-refractivity contribution in [2.24, 2.45) is 0 Å². The van der Waals surface area contributed by atoms with E-state index in [0.717, 1.165) is 11.3 Å². The smallest absolute Gasteiger partial charge is 0.224 e. The summed E-state index contributed by atoms with van der Waals surface area (Å²) in [5, 5.41) is 11.8. The maximum Gasteiger partial charge on any atom is 0.224 e. The number of amides is 1. The zero-order valence-corrected chi connectivity index (χ0v) is 12.3. The van der Waals surface area contributed by atoms with Gasteiger partial charge in [-0.15, -0.1) is 0 Å². The first kappa shape index (κ1) is 15.3. The molecule has 1 amide bonds. The molecule has 0 radical (unpaired) electrons. The van der Waals surface area contributed by atoms with Crippen LogP contribution in [-0.4, -0.2) is 17.6 Å². The van der Waals surface area contributed by atoms with Gasteiger partial charge in [-0.3, -0.25) is 4.79 Å². The molecule has 1 unspecified atom stereocenters. The van der Waals surface area contributed by atoms with Crippen molar-refractivity contribution in [1.82, 2.24) is 0 Å². The molecule has 110 valence electrons. The summed E-state index contributed by atoms with van der Waals surface area (Å²) >= 11 is 0. The van der Waals surface area contributed by atoms with Gasteiger partial charge in [0, 0.05) is 18.7 Å². The van der Waals surface area contributed by atoms with Gasteiger partial charge >= 0.3 is 0 Å². The molecule has 0 heterocycles. The largest absolute Gasteiger partial charge is 0.396 e. The van der Waals surface area contributed by atoms with Crippen molar-refractivity contribution in [3.8, 4) is 0 Å². The molecule has 0 bridgehead atoms. The highest BCUT2D eigenvalue weighted by molar-refractivity contribution is 5.91. The molecular weight excluding hydrogens is 262 g/mol. The van der Waals surface area contributed by atoms with Gasteiger partial charge in [0.05, 0.1) is 0 Å². The van der Waals surface area contributed by atoms with Gasteiger partial charge in [0.1, 0.15) is 0 Å². The standard InChI is InChI=1S/C18H21NO2/c1-14(16-5-3-2-4-6-16)13-18(21)19-17-9-7-15(8-10-17)11-12-20/h2-10,14,20H,11-13H2,1H3,(H,19,21). The lowest BCUT2D eigenvalue weighted by Gasteiger charge is -2.12. The van der Waals surface area contributed by atoms with E-state index in [1.807, 2.05) is 54.6 Å². The van der Waals surface area contributed by atoms with Crippen LogP contribution in [-0.2, 0) is 11.2 Å². The predicted octanol–water partition coefficient (Wildman–Crippen LogP) is 3.35. The predicted molar refractivity (Wildman–Crippen MR) is 85.3 cm³/mol. The van der Waals surface area contributed by atoms with Gasteiger partial charge in [-0.1, -0.05) is 49.4 Å². The molecule has 21 heavy (non-hydrogen) atoms. The number of anilines is 1. The average molecular weight is 283 g/mol. The summed E-state index contributed by atoms with van der Waals surface area (Å²) in [6.45, 7) is 2.19. The number of benzene rings is 2. The fraction of sp³-hybridized carbons (Fsp3) is 0.278. The Morgan fingerprint density at radius 3 is 2.38 bits per heavy atom. The Kier molecular flexibility index (Phi) is 5.52. The molecule has 2 aromatic rings. The lowest BCUT2D eigenvalue weighted by atomic mass is 9.97. The molecule has 3 nitrogen and oxygen atoms in total. The van der Waals surface area contributed by atoms with Crippen LogP contribution in [0.2, 0.25) is 0 Å². The lowest BCUT2D eigenvalue weighted by Crippen LogP contribution is -2.14. The van der Waals surface area contributed by atoms with E-state index in [-0.39, 0.29) is 18.4 Å². The zero-order chi connectivity index (χ0) is 15.1.